The second-order valence-electron chi connectivity index (χ2n) is 11.6. The molecule has 0 bridgehead atoms. The number of hydrogen-bond acceptors (Lipinski definition) is 3. The van der Waals surface area contributed by atoms with E-state index >= 15 is 0 Å². The van der Waals surface area contributed by atoms with Gasteiger partial charge in [-0.2, -0.15) is 0 Å². The molecule has 0 radical (unpaired) electrons. The Labute approximate surface area is 237 Å². The summed E-state index contributed by atoms with van der Waals surface area (Å²) < 4.78 is 0. The van der Waals surface area contributed by atoms with Gasteiger partial charge in [-0.15, -0.1) is 0 Å². The van der Waals surface area contributed by atoms with Crippen LogP contribution in [0.2, 0.25) is 0 Å². The van der Waals surface area contributed by atoms with Crippen LogP contribution in [-0.4, -0.2) is 34.9 Å². The second kappa shape index (κ2) is 30.7. The molecule has 0 aliphatic rings. The standard InChI is InChI=1S/C34H67NO3/c1-3-5-7-9-11-13-14-15-16-17-18-19-20-22-24-26-28-30-34(38)35-32(31-36)33(37)29-27-25-23-21-12-10-8-6-4-2/h12,21,32-33,36-37H,3-11,13-20,22-31H2,1-2H3,(H,35,38)/b21-12+/t32-,33+/m0/s1. The molecule has 2 atom stereocenters. The van der Waals surface area contributed by atoms with Crippen LogP contribution in [0.3, 0.4) is 0 Å². The summed E-state index contributed by atoms with van der Waals surface area (Å²) in [5, 5.41) is 22.9. The van der Waals surface area contributed by atoms with E-state index in [0.29, 0.717) is 12.8 Å². The van der Waals surface area contributed by atoms with E-state index < -0.39 is 12.1 Å². The van der Waals surface area contributed by atoms with E-state index in [-0.39, 0.29) is 12.5 Å². The van der Waals surface area contributed by atoms with Gasteiger partial charge >= 0.3 is 0 Å². The molecule has 0 aromatic carbocycles. The number of carbonyl (C=O) groups excluding carboxylic acids is 1. The van der Waals surface area contributed by atoms with Crippen LogP contribution >= 0.6 is 0 Å². The van der Waals surface area contributed by atoms with E-state index in [9.17, 15) is 15.0 Å². The zero-order chi connectivity index (χ0) is 27.9. The van der Waals surface area contributed by atoms with Crippen LogP contribution in [0.1, 0.15) is 181 Å². The quantitative estimate of drug-likeness (QED) is 0.0631. The summed E-state index contributed by atoms with van der Waals surface area (Å²) in [4.78, 5) is 12.3. The molecule has 0 saturated carbocycles. The first kappa shape index (κ1) is 37.1. The monoisotopic (exact) mass is 538 g/mol. The van der Waals surface area contributed by atoms with Crippen molar-refractivity contribution in [1.82, 2.24) is 5.32 Å². The molecule has 0 fully saturated rings. The zero-order valence-electron chi connectivity index (χ0n) is 25.7. The fraction of sp³-hybridized carbons (Fsp3) is 0.912. The average Bonchev–Trinajstić information content (AvgIpc) is 2.92. The molecule has 0 unspecified atom stereocenters. The number of unbranched alkanes of at least 4 members (excludes halogenated alkanes) is 21. The molecule has 0 rings (SSSR count). The Balaban J connectivity index is 3.54. The maximum absolute atomic E-state index is 12.3. The molecule has 0 aliphatic carbocycles. The van der Waals surface area contributed by atoms with Crippen LogP contribution in [0, 0.1) is 0 Å². The lowest BCUT2D eigenvalue weighted by Gasteiger charge is -2.22. The first-order chi connectivity index (χ1) is 18.7. The molecule has 1 amide bonds. The minimum Gasteiger partial charge on any atom is -0.394 e. The lowest BCUT2D eigenvalue weighted by molar-refractivity contribution is -0.123. The van der Waals surface area contributed by atoms with Gasteiger partial charge in [0.15, 0.2) is 0 Å². The minimum atomic E-state index is -0.673. The van der Waals surface area contributed by atoms with Crippen LogP contribution in [-0.2, 0) is 4.79 Å². The Morgan fingerprint density at radius 2 is 1.00 bits per heavy atom. The second-order valence-corrected chi connectivity index (χ2v) is 11.6. The number of hydrogen-bond donors (Lipinski definition) is 3. The molecule has 4 nitrogen and oxygen atoms in total. The predicted molar refractivity (Wildman–Crippen MR) is 166 cm³/mol. The van der Waals surface area contributed by atoms with Crippen LogP contribution in [0.5, 0.6) is 0 Å². The summed E-state index contributed by atoms with van der Waals surface area (Å²) in [6.07, 6.45) is 35.5. The van der Waals surface area contributed by atoms with Gasteiger partial charge in [0.2, 0.25) is 5.91 Å². The molecule has 0 spiro atoms. The van der Waals surface area contributed by atoms with E-state index in [1.165, 1.54) is 116 Å². The Kier molecular flexibility index (Phi) is 30.0. The highest BCUT2D eigenvalue weighted by Gasteiger charge is 2.19. The van der Waals surface area contributed by atoms with Crippen molar-refractivity contribution in [3.05, 3.63) is 12.2 Å². The maximum Gasteiger partial charge on any atom is 0.220 e. The van der Waals surface area contributed by atoms with Gasteiger partial charge in [0, 0.05) is 6.42 Å². The summed E-state index contributed by atoms with van der Waals surface area (Å²) in [6, 6.07) is -0.544. The van der Waals surface area contributed by atoms with Gasteiger partial charge in [-0.25, -0.2) is 0 Å². The normalized spacial score (nSPS) is 13.3. The molecular formula is C34H67NO3. The summed E-state index contributed by atoms with van der Waals surface area (Å²) in [7, 11) is 0. The Morgan fingerprint density at radius 1 is 0.605 bits per heavy atom. The van der Waals surface area contributed by atoms with Crippen molar-refractivity contribution < 1.29 is 15.0 Å². The van der Waals surface area contributed by atoms with Crippen molar-refractivity contribution in [2.24, 2.45) is 0 Å². The van der Waals surface area contributed by atoms with Crippen molar-refractivity contribution in [3.63, 3.8) is 0 Å². The summed E-state index contributed by atoms with van der Waals surface area (Å²) in [5.74, 6) is -0.0425. The third kappa shape index (κ3) is 26.7. The highest BCUT2D eigenvalue weighted by molar-refractivity contribution is 5.76. The minimum absolute atomic E-state index is 0.0425. The predicted octanol–water partition coefficient (Wildman–Crippen LogP) is 9.56. The summed E-state index contributed by atoms with van der Waals surface area (Å²) in [6.45, 7) is 4.30. The van der Waals surface area contributed by atoms with E-state index in [1.54, 1.807) is 0 Å². The van der Waals surface area contributed by atoms with Crippen LogP contribution < -0.4 is 5.32 Å². The van der Waals surface area contributed by atoms with Gasteiger partial charge in [0.1, 0.15) is 0 Å². The molecule has 4 heteroatoms. The van der Waals surface area contributed by atoms with Gasteiger partial charge in [-0.05, 0) is 38.5 Å². The summed E-state index contributed by atoms with van der Waals surface area (Å²) in [5.41, 5.74) is 0. The first-order valence-electron chi connectivity index (χ1n) is 16.9. The van der Waals surface area contributed by atoms with E-state index in [1.807, 2.05) is 0 Å². The SMILES string of the molecule is CCCCC/C=C/CCCC[C@@H](O)[C@H](CO)NC(=O)CCCCCCCCCCCCCCCCCCC. The number of amides is 1. The lowest BCUT2D eigenvalue weighted by Crippen LogP contribution is -2.45. The molecule has 0 saturated heterocycles. The molecule has 3 N–H and O–H groups in total. The Hall–Kier alpha value is -0.870. The number of aliphatic hydroxyl groups excluding tert-OH is 2. The highest BCUT2D eigenvalue weighted by Crippen LogP contribution is 2.15. The van der Waals surface area contributed by atoms with Gasteiger partial charge < -0.3 is 15.5 Å². The number of nitrogens with one attached hydrogen (secondary N) is 1. The van der Waals surface area contributed by atoms with E-state index in [0.717, 1.165) is 38.5 Å². The molecule has 38 heavy (non-hydrogen) atoms. The van der Waals surface area contributed by atoms with Crippen LogP contribution in [0.25, 0.3) is 0 Å². The van der Waals surface area contributed by atoms with Gasteiger partial charge in [0.05, 0.1) is 18.8 Å². The summed E-state index contributed by atoms with van der Waals surface area (Å²) >= 11 is 0. The molecule has 0 aromatic rings. The van der Waals surface area contributed by atoms with Crippen molar-refractivity contribution in [2.45, 2.75) is 193 Å². The Bertz CT molecular complexity index is 508. The number of rotatable bonds is 30. The van der Waals surface area contributed by atoms with Crippen molar-refractivity contribution in [3.8, 4) is 0 Å². The smallest absolute Gasteiger partial charge is 0.220 e. The molecule has 0 aliphatic heterocycles. The fourth-order valence-electron chi connectivity index (χ4n) is 5.12. The molecular weight excluding hydrogens is 470 g/mol. The largest absolute Gasteiger partial charge is 0.394 e. The van der Waals surface area contributed by atoms with Crippen molar-refractivity contribution in [2.75, 3.05) is 6.61 Å². The number of aliphatic hydroxyl groups is 2. The van der Waals surface area contributed by atoms with Crippen LogP contribution in [0.15, 0.2) is 12.2 Å². The van der Waals surface area contributed by atoms with Gasteiger partial charge in [-0.3, -0.25) is 4.79 Å². The van der Waals surface area contributed by atoms with Crippen molar-refractivity contribution >= 4 is 5.91 Å². The van der Waals surface area contributed by atoms with Crippen molar-refractivity contribution in [1.29, 1.82) is 0 Å². The molecule has 0 heterocycles. The first-order valence-corrected chi connectivity index (χ1v) is 16.9. The van der Waals surface area contributed by atoms with E-state index in [2.05, 4.69) is 31.3 Å². The van der Waals surface area contributed by atoms with Gasteiger partial charge in [0.25, 0.3) is 0 Å². The molecule has 226 valence electrons. The van der Waals surface area contributed by atoms with E-state index in [4.69, 9.17) is 0 Å². The Morgan fingerprint density at radius 3 is 1.45 bits per heavy atom. The lowest BCUT2D eigenvalue weighted by atomic mass is 10.0. The fourth-order valence-corrected chi connectivity index (χ4v) is 5.12. The van der Waals surface area contributed by atoms with Crippen LogP contribution in [0.4, 0.5) is 0 Å². The van der Waals surface area contributed by atoms with Gasteiger partial charge in [-0.1, -0.05) is 148 Å². The highest BCUT2D eigenvalue weighted by atomic mass is 16.3. The number of allylic oxidation sites excluding steroid dienone is 2. The molecule has 0 aromatic heterocycles. The zero-order valence-corrected chi connectivity index (χ0v) is 25.7. The third-order valence-electron chi connectivity index (χ3n) is 7.78. The number of carbonyl (C=O) groups is 1. The average molecular weight is 538 g/mol. The maximum atomic E-state index is 12.3. The topological polar surface area (TPSA) is 69.6 Å². The third-order valence-corrected chi connectivity index (χ3v) is 7.78.